The topological polar surface area (TPSA) is 27.1 Å². The lowest BCUT2D eigenvalue weighted by Gasteiger charge is -2.09. The maximum atomic E-state index is 4.97. The van der Waals surface area contributed by atoms with Gasteiger partial charge in [-0.1, -0.05) is 0 Å². The molecule has 3 heteroatoms. The number of hydrogen-bond donors (Lipinski definition) is 0. The van der Waals surface area contributed by atoms with Crippen molar-refractivity contribution < 1.29 is 4.74 Å². The molecule has 0 aliphatic rings. The van der Waals surface area contributed by atoms with E-state index in [1.54, 1.807) is 13.3 Å². The van der Waals surface area contributed by atoms with Crippen molar-refractivity contribution in [1.29, 1.82) is 0 Å². The Morgan fingerprint density at radius 2 is 2.50 bits per heavy atom. The molecule has 56 valence electrons. The van der Waals surface area contributed by atoms with E-state index in [1.807, 2.05) is 16.9 Å². The van der Waals surface area contributed by atoms with Gasteiger partial charge in [0.1, 0.15) is 0 Å². The van der Waals surface area contributed by atoms with Crippen molar-refractivity contribution in [3.63, 3.8) is 0 Å². The van der Waals surface area contributed by atoms with Gasteiger partial charge in [0.15, 0.2) is 0 Å². The van der Waals surface area contributed by atoms with Crippen LogP contribution in [0.15, 0.2) is 18.5 Å². The number of ether oxygens (including phenoxy) is 1. The van der Waals surface area contributed by atoms with Gasteiger partial charge in [-0.25, -0.2) is 0 Å². The first kappa shape index (κ1) is 7.28. The molecule has 1 heterocycles. The van der Waals surface area contributed by atoms with E-state index < -0.39 is 0 Å². The van der Waals surface area contributed by atoms with E-state index in [-0.39, 0.29) is 0 Å². The predicted molar refractivity (Wildman–Crippen MR) is 38.8 cm³/mol. The van der Waals surface area contributed by atoms with E-state index in [2.05, 4.69) is 12.0 Å². The molecule has 0 aromatic carbocycles. The zero-order valence-electron chi connectivity index (χ0n) is 6.32. The number of aromatic nitrogens is 2. The summed E-state index contributed by atoms with van der Waals surface area (Å²) in [6, 6.07) is 2.24. The molecule has 1 rings (SSSR count). The van der Waals surface area contributed by atoms with Gasteiger partial charge < -0.3 is 4.74 Å². The van der Waals surface area contributed by atoms with Crippen LogP contribution in [0, 0.1) is 0 Å². The van der Waals surface area contributed by atoms with Crippen LogP contribution in [0.5, 0.6) is 0 Å². The minimum atomic E-state index is 0.333. The molecule has 1 atom stereocenters. The molecule has 0 radical (unpaired) electrons. The van der Waals surface area contributed by atoms with Crippen LogP contribution in [0.1, 0.15) is 13.0 Å². The third-order valence-electron chi connectivity index (χ3n) is 1.38. The minimum Gasteiger partial charge on any atom is -0.382 e. The van der Waals surface area contributed by atoms with E-state index in [4.69, 9.17) is 4.74 Å². The Morgan fingerprint density at radius 3 is 3.00 bits per heavy atom. The molecule has 1 aromatic rings. The highest BCUT2D eigenvalue weighted by molar-refractivity contribution is 4.80. The smallest absolute Gasteiger partial charge is 0.0724 e. The Labute approximate surface area is 60.6 Å². The molecule has 3 nitrogen and oxygen atoms in total. The molecule has 0 unspecified atom stereocenters. The average Bonchev–Trinajstić information content (AvgIpc) is 2.38. The van der Waals surface area contributed by atoms with Gasteiger partial charge in [-0.2, -0.15) is 5.10 Å². The fourth-order valence-electron chi connectivity index (χ4n) is 0.859. The van der Waals surface area contributed by atoms with E-state index in [1.165, 1.54) is 0 Å². The number of methoxy groups -OCH3 is 1. The maximum Gasteiger partial charge on any atom is 0.0724 e. The average molecular weight is 140 g/mol. The Kier molecular flexibility index (Phi) is 2.45. The highest BCUT2D eigenvalue weighted by Gasteiger charge is 2.01. The van der Waals surface area contributed by atoms with Gasteiger partial charge in [0, 0.05) is 19.5 Å². The summed E-state index contributed by atoms with van der Waals surface area (Å²) in [6.07, 6.45) is 3.70. The van der Waals surface area contributed by atoms with Crippen LogP contribution < -0.4 is 0 Å². The quantitative estimate of drug-likeness (QED) is 0.628. The predicted octanol–water partition coefficient (Wildman–Crippen LogP) is 1.09. The lowest BCUT2D eigenvalue weighted by atomic mass is 10.4. The van der Waals surface area contributed by atoms with Gasteiger partial charge in [0.05, 0.1) is 12.6 Å². The maximum absolute atomic E-state index is 4.97. The molecule has 0 N–H and O–H groups in total. The number of nitrogens with zero attached hydrogens (tertiary/aromatic N) is 2. The molecule has 0 spiro atoms. The van der Waals surface area contributed by atoms with Gasteiger partial charge in [0.25, 0.3) is 0 Å². The molecule has 0 saturated carbocycles. The van der Waals surface area contributed by atoms with Crippen LogP contribution in [0.4, 0.5) is 0 Å². The standard InChI is InChI=1S/C7H12N2O/c1-7(6-10-2)9-5-3-4-8-9/h3-5,7H,6H2,1-2H3/t7-/m0/s1. The van der Waals surface area contributed by atoms with E-state index in [9.17, 15) is 0 Å². The molecular weight excluding hydrogens is 128 g/mol. The molecule has 1 aromatic heterocycles. The van der Waals surface area contributed by atoms with Crippen molar-refractivity contribution in [2.24, 2.45) is 0 Å². The van der Waals surface area contributed by atoms with Crippen LogP contribution in [0.3, 0.4) is 0 Å². The van der Waals surface area contributed by atoms with Crippen molar-refractivity contribution in [2.75, 3.05) is 13.7 Å². The summed E-state index contributed by atoms with van der Waals surface area (Å²) < 4.78 is 6.85. The molecule has 0 saturated heterocycles. The zero-order valence-corrected chi connectivity index (χ0v) is 6.32. The van der Waals surface area contributed by atoms with Gasteiger partial charge in [-0.3, -0.25) is 4.68 Å². The molecule has 0 aliphatic carbocycles. The summed E-state index contributed by atoms with van der Waals surface area (Å²) in [7, 11) is 1.69. The summed E-state index contributed by atoms with van der Waals surface area (Å²) >= 11 is 0. The molecule has 0 bridgehead atoms. The second-order valence-corrected chi connectivity index (χ2v) is 2.29. The first-order valence-electron chi connectivity index (χ1n) is 3.32. The second kappa shape index (κ2) is 3.37. The summed E-state index contributed by atoms with van der Waals surface area (Å²) in [5.41, 5.74) is 0. The van der Waals surface area contributed by atoms with Gasteiger partial charge in [-0.15, -0.1) is 0 Å². The minimum absolute atomic E-state index is 0.333. The largest absolute Gasteiger partial charge is 0.382 e. The molecule has 0 aliphatic heterocycles. The summed E-state index contributed by atoms with van der Waals surface area (Å²) in [5, 5.41) is 4.07. The van der Waals surface area contributed by atoms with Gasteiger partial charge in [0.2, 0.25) is 0 Å². The number of hydrogen-bond acceptors (Lipinski definition) is 2. The molecule has 10 heavy (non-hydrogen) atoms. The Balaban J connectivity index is 2.50. The lowest BCUT2D eigenvalue weighted by molar-refractivity contribution is 0.157. The van der Waals surface area contributed by atoms with Crippen molar-refractivity contribution in [2.45, 2.75) is 13.0 Å². The zero-order chi connectivity index (χ0) is 7.40. The normalized spacial score (nSPS) is 13.4. The van der Waals surface area contributed by atoms with Crippen LogP contribution in [-0.2, 0) is 4.74 Å². The van der Waals surface area contributed by atoms with Crippen LogP contribution in [0.2, 0.25) is 0 Å². The van der Waals surface area contributed by atoms with Crippen LogP contribution >= 0.6 is 0 Å². The van der Waals surface area contributed by atoms with Crippen molar-refractivity contribution >= 4 is 0 Å². The summed E-state index contributed by atoms with van der Waals surface area (Å²) in [6.45, 7) is 2.78. The van der Waals surface area contributed by atoms with Crippen LogP contribution in [-0.4, -0.2) is 23.5 Å². The highest BCUT2D eigenvalue weighted by atomic mass is 16.5. The first-order chi connectivity index (χ1) is 4.84. The Morgan fingerprint density at radius 1 is 1.70 bits per heavy atom. The molecular formula is C7H12N2O. The van der Waals surface area contributed by atoms with Gasteiger partial charge >= 0.3 is 0 Å². The summed E-state index contributed by atoms with van der Waals surface area (Å²) in [5.74, 6) is 0. The molecule has 0 amide bonds. The monoisotopic (exact) mass is 140 g/mol. The number of rotatable bonds is 3. The highest BCUT2D eigenvalue weighted by Crippen LogP contribution is 2.01. The Bertz CT molecular complexity index is 172. The molecule has 0 fully saturated rings. The van der Waals surface area contributed by atoms with Gasteiger partial charge in [-0.05, 0) is 13.0 Å². The Hall–Kier alpha value is -0.830. The van der Waals surface area contributed by atoms with Crippen LogP contribution in [0.25, 0.3) is 0 Å². The van der Waals surface area contributed by atoms with E-state index in [0.717, 1.165) is 0 Å². The summed E-state index contributed by atoms with van der Waals surface area (Å²) in [4.78, 5) is 0. The fraction of sp³-hybridized carbons (Fsp3) is 0.571. The SMILES string of the molecule is COC[C@H](C)n1cccn1. The van der Waals surface area contributed by atoms with E-state index >= 15 is 0 Å². The van der Waals surface area contributed by atoms with E-state index in [0.29, 0.717) is 12.6 Å². The second-order valence-electron chi connectivity index (χ2n) is 2.29. The third kappa shape index (κ3) is 1.57. The fourth-order valence-corrected chi connectivity index (χ4v) is 0.859. The first-order valence-corrected chi connectivity index (χ1v) is 3.32. The van der Waals surface area contributed by atoms with Crippen molar-refractivity contribution in [1.82, 2.24) is 9.78 Å². The lowest BCUT2D eigenvalue weighted by Crippen LogP contribution is -2.10. The van der Waals surface area contributed by atoms with Crippen molar-refractivity contribution in [3.05, 3.63) is 18.5 Å². The van der Waals surface area contributed by atoms with Crippen molar-refractivity contribution in [3.8, 4) is 0 Å². The third-order valence-corrected chi connectivity index (χ3v) is 1.38.